The second-order valence-corrected chi connectivity index (χ2v) is 4.22. The minimum absolute atomic E-state index is 0.0335. The van der Waals surface area contributed by atoms with Crippen LogP contribution in [0, 0.1) is 5.92 Å². The Morgan fingerprint density at radius 2 is 1.94 bits per heavy atom. The van der Waals surface area contributed by atoms with E-state index in [9.17, 15) is 4.79 Å². The van der Waals surface area contributed by atoms with Gasteiger partial charge in [0.05, 0.1) is 0 Å². The normalized spacial score (nSPS) is 10.9. The fourth-order valence-corrected chi connectivity index (χ4v) is 1.29. The molecular formula is C14H19NO. The standard InChI is InChI=1S/C14H19NO/c1-12(2)8-6-7-11-14(16)15-13-9-4-3-5-10-13/h3-7,9-10,12H,8,11H2,1-2H3,(H,15,16)/b7-6+. The van der Waals surface area contributed by atoms with Gasteiger partial charge in [0.25, 0.3) is 0 Å². The van der Waals surface area contributed by atoms with Gasteiger partial charge in [-0.1, -0.05) is 44.2 Å². The van der Waals surface area contributed by atoms with Crippen LogP contribution in [0.4, 0.5) is 5.69 Å². The molecule has 86 valence electrons. The van der Waals surface area contributed by atoms with E-state index in [1.165, 1.54) is 0 Å². The number of carbonyl (C=O) groups excluding carboxylic acids is 1. The minimum Gasteiger partial charge on any atom is -0.326 e. The fraction of sp³-hybridized carbons (Fsp3) is 0.357. The molecule has 0 unspecified atom stereocenters. The molecule has 0 fully saturated rings. The molecule has 1 N–H and O–H groups in total. The van der Waals surface area contributed by atoms with Gasteiger partial charge in [-0.25, -0.2) is 0 Å². The smallest absolute Gasteiger partial charge is 0.228 e. The molecule has 2 heteroatoms. The summed E-state index contributed by atoms with van der Waals surface area (Å²) in [4.78, 5) is 11.5. The number of amides is 1. The van der Waals surface area contributed by atoms with Crippen molar-refractivity contribution in [1.29, 1.82) is 0 Å². The highest BCUT2D eigenvalue weighted by Gasteiger charge is 1.98. The van der Waals surface area contributed by atoms with Crippen molar-refractivity contribution in [2.24, 2.45) is 5.92 Å². The molecule has 1 aromatic rings. The number of benzene rings is 1. The van der Waals surface area contributed by atoms with Crippen LogP contribution in [0.1, 0.15) is 26.7 Å². The van der Waals surface area contributed by atoms with E-state index in [0.717, 1.165) is 12.1 Å². The molecule has 0 spiro atoms. The number of nitrogens with one attached hydrogen (secondary N) is 1. The van der Waals surface area contributed by atoms with E-state index in [-0.39, 0.29) is 5.91 Å². The van der Waals surface area contributed by atoms with Crippen LogP contribution in [0.25, 0.3) is 0 Å². The van der Waals surface area contributed by atoms with Crippen LogP contribution in [0.15, 0.2) is 42.5 Å². The maximum absolute atomic E-state index is 11.5. The molecule has 0 atom stereocenters. The van der Waals surface area contributed by atoms with Crippen LogP contribution in [0.5, 0.6) is 0 Å². The third-order valence-electron chi connectivity index (χ3n) is 2.13. The van der Waals surface area contributed by atoms with Gasteiger partial charge in [-0.05, 0) is 24.5 Å². The molecule has 0 radical (unpaired) electrons. The number of carbonyl (C=O) groups is 1. The van der Waals surface area contributed by atoms with Crippen LogP contribution in [0.2, 0.25) is 0 Å². The largest absolute Gasteiger partial charge is 0.326 e. The summed E-state index contributed by atoms with van der Waals surface area (Å²) in [5.41, 5.74) is 0.852. The zero-order valence-electron chi connectivity index (χ0n) is 9.94. The monoisotopic (exact) mass is 217 g/mol. The first-order valence-corrected chi connectivity index (χ1v) is 5.68. The molecular weight excluding hydrogens is 198 g/mol. The number of anilines is 1. The lowest BCUT2D eigenvalue weighted by Gasteiger charge is -2.02. The lowest BCUT2D eigenvalue weighted by molar-refractivity contribution is -0.115. The highest BCUT2D eigenvalue weighted by atomic mass is 16.1. The summed E-state index contributed by atoms with van der Waals surface area (Å²) >= 11 is 0. The van der Waals surface area contributed by atoms with Crippen molar-refractivity contribution < 1.29 is 4.79 Å². The van der Waals surface area contributed by atoms with Gasteiger partial charge in [0.1, 0.15) is 0 Å². The molecule has 0 saturated carbocycles. The summed E-state index contributed by atoms with van der Waals surface area (Å²) in [5.74, 6) is 0.680. The second-order valence-electron chi connectivity index (χ2n) is 4.22. The van der Waals surface area contributed by atoms with Crippen molar-refractivity contribution in [3.8, 4) is 0 Å². The Hall–Kier alpha value is -1.57. The average Bonchev–Trinajstić information content (AvgIpc) is 2.25. The van der Waals surface area contributed by atoms with Gasteiger partial charge >= 0.3 is 0 Å². The molecule has 2 nitrogen and oxygen atoms in total. The third kappa shape index (κ3) is 5.35. The lowest BCUT2D eigenvalue weighted by atomic mass is 10.1. The van der Waals surface area contributed by atoms with E-state index in [0.29, 0.717) is 12.3 Å². The summed E-state index contributed by atoms with van der Waals surface area (Å²) in [7, 11) is 0. The topological polar surface area (TPSA) is 29.1 Å². The van der Waals surface area contributed by atoms with Crippen molar-refractivity contribution in [2.75, 3.05) is 5.32 Å². The van der Waals surface area contributed by atoms with Crippen LogP contribution in [-0.4, -0.2) is 5.91 Å². The predicted octanol–water partition coefficient (Wildman–Crippen LogP) is 3.62. The number of hydrogen-bond acceptors (Lipinski definition) is 1. The third-order valence-corrected chi connectivity index (χ3v) is 2.13. The van der Waals surface area contributed by atoms with Gasteiger partial charge in [-0.2, -0.15) is 0 Å². The molecule has 0 heterocycles. The lowest BCUT2D eigenvalue weighted by Crippen LogP contribution is -2.09. The molecule has 1 rings (SSSR count). The van der Waals surface area contributed by atoms with Crippen LogP contribution in [-0.2, 0) is 4.79 Å². The summed E-state index contributed by atoms with van der Waals surface area (Å²) < 4.78 is 0. The van der Waals surface area contributed by atoms with Gasteiger partial charge in [0, 0.05) is 12.1 Å². The molecule has 1 aromatic carbocycles. The summed E-state index contributed by atoms with van der Waals surface area (Å²) in [5, 5.41) is 2.84. The van der Waals surface area contributed by atoms with Gasteiger partial charge in [-0.15, -0.1) is 0 Å². The number of hydrogen-bond donors (Lipinski definition) is 1. The second kappa shape index (κ2) is 6.83. The van der Waals surface area contributed by atoms with E-state index in [1.807, 2.05) is 36.4 Å². The molecule has 0 aliphatic heterocycles. The van der Waals surface area contributed by atoms with Gasteiger partial charge in [0.2, 0.25) is 5.91 Å². The van der Waals surface area contributed by atoms with Gasteiger partial charge in [-0.3, -0.25) is 4.79 Å². The van der Waals surface area contributed by atoms with E-state index in [4.69, 9.17) is 0 Å². The first kappa shape index (κ1) is 12.5. The van der Waals surface area contributed by atoms with E-state index in [2.05, 4.69) is 25.2 Å². The minimum atomic E-state index is 0.0335. The molecule has 0 saturated heterocycles. The quantitative estimate of drug-likeness (QED) is 0.750. The zero-order chi connectivity index (χ0) is 11.8. The summed E-state index contributed by atoms with van der Waals surface area (Å²) in [6.07, 6.45) is 5.47. The molecule has 0 aromatic heterocycles. The Labute approximate surface area is 97.4 Å². The number of allylic oxidation sites excluding steroid dienone is 1. The molecule has 0 aliphatic rings. The van der Waals surface area contributed by atoms with Crippen molar-refractivity contribution in [3.05, 3.63) is 42.5 Å². The summed E-state index contributed by atoms with van der Waals surface area (Å²) in [6, 6.07) is 9.51. The molecule has 0 bridgehead atoms. The Morgan fingerprint density at radius 1 is 1.25 bits per heavy atom. The van der Waals surface area contributed by atoms with E-state index in [1.54, 1.807) is 0 Å². The van der Waals surface area contributed by atoms with Crippen molar-refractivity contribution in [3.63, 3.8) is 0 Å². The van der Waals surface area contributed by atoms with Crippen LogP contribution in [0.3, 0.4) is 0 Å². The Balaban J connectivity index is 2.29. The summed E-state index contributed by atoms with van der Waals surface area (Å²) in [6.45, 7) is 4.32. The number of rotatable bonds is 5. The Morgan fingerprint density at radius 3 is 2.56 bits per heavy atom. The molecule has 0 aliphatic carbocycles. The molecule has 16 heavy (non-hydrogen) atoms. The number of para-hydroxylation sites is 1. The predicted molar refractivity (Wildman–Crippen MR) is 68.3 cm³/mol. The van der Waals surface area contributed by atoms with Crippen molar-refractivity contribution in [2.45, 2.75) is 26.7 Å². The maximum atomic E-state index is 11.5. The first-order chi connectivity index (χ1) is 7.68. The average molecular weight is 217 g/mol. The molecule has 1 amide bonds. The first-order valence-electron chi connectivity index (χ1n) is 5.68. The van der Waals surface area contributed by atoms with Gasteiger partial charge in [0.15, 0.2) is 0 Å². The maximum Gasteiger partial charge on any atom is 0.228 e. The van der Waals surface area contributed by atoms with E-state index >= 15 is 0 Å². The highest BCUT2D eigenvalue weighted by Crippen LogP contribution is 2.06. The Kier molecular flexibility index (Phi) is 5.34. The highest BCUT2D eigenvalue weighted by molar-refractivity contribution is 5.91. The van der Waals surface area contributed by atoms with Gasteiger partial charge < -0.3 is 5.32 Å². The van der Waals surface area contributed by atoms with E-state index < -0.39 is 0 Å². The van der Waals surface area contributed by atoms with Crippen LogP contribution < -0.4 is 5.32 Å². The van der Waals surface area contributed by atoms with Crippen LogP contribution >= 0.6 is 0 Å². The zero-order valence-corrected chi connectivity index (χ0v) is 9.94. The fourth-order valence-electron chi connectivity index (χ4n) is 1.29. The van der Waals surface area contributed by atoms with Crippen molar-refractivity contribution in [1.82, 2.24) is 0 Å². The van der Waals surface area contributed by atoms with Crippen molar-refractivity contribution >= 4 is 11.6 Å². The Bertz CT molecular complexity index is 341. The SMILES string of the molecule is CC(C)C/C=C/CC(=O)Nc1ccccc1.